The van der Waals surface area contributed by atoms with Crippen LogP contribution in [0.1, 0.15) is 30.5 Å². The van der Waals surface area contributed by atoms with Crippen LogP contribution in [0.2, 0.25) is 0 Å². The summed E-state index contributed by atoms with van der Waals surface area (Å²) in [5.74, 6) is 0. The number of hydrogen-bond donors (Lipinski definition) is 1. The third kappa shape index (κ3) is 2.39. The van der Waals surface area contributed by atoms with Crippen molar-refractivity contribution < 1.29 is 0 Å². The van der Waals surface area contributed by atoms with Gasteiger partial charge in [0.25, 0.3) is 0 Å². The molecule has 1 unspecified atom stereocenters. The van der Waals surface area contributed by atoms with E-state index in [9.17, 15) is 0 Å². The molecule has 1 aliphatic heterocycles. The van der Waals surface area contributed by atoms with Crippen molar-refractivity contribution in [3.63, 3.8) is 0 Å². The highest BCUT2D eigenvalue weighted by Gasteiger charge is 2.34. The molecule has 112 valence electrons. The number of likely N-dealkylation sites (tertiary alicyclic amines) is 1. The SMILES string of the molecule is Cc1c(CNC2CCN(C3CC3)C2)n(C)c2ccccc12. The van der Waals surface area contributed by atoms with Crippen molar-refractivity contribution in [1.29, 1.82) is 0 Å². The van der Waals surface area contributed by atoms with Gasteiger partial charge in [0, 0.05) is 55.4 Å². The van der Waals surface area contributed by atoms with Gasteiger partial charge in [0.1, 0.15) is 0 Å². The summed E-state index contributed by atoms with van der Waals surface area (Å²) in [6, 6.07) is 10.3. The van der Waals surface area contributed by atoms with Crippen molar-refractivity contribution in [1.82, 2.24) is 14.8 Å². The highest BCUT2D eigenvalue weighted by atomic mass is 15.2. The van der Waals surface area contributed by atoms with Crippen LogP contribution < -0.4 is 5.32 Å². The van der Waals surface area contributed by atoms with Crippen LogP contribution in [0.25, 0.3) is 10.9 Å². The van der Waals surface area contributed by atoms with E-state index in [1.807, 2.05) is 0 Å². The first-order valence-corrected chi connectivity index (χ1v) is 8.24. The molecule has 1 N–H and O–H groups in total. The number of aryl methyl sites for hydroxylation is 2. The minimum atomic E-state index is 0.669. The molecule has 0 amide bonds. The topological polar surface area (TPSA) is 20.2 Å². The lowest BCUT2D eigenvalue weighted by molar-refractivity contribution is 0.317. The van der Waals surface area contributed by atoms with Crippen LogP contribution in [0.3, 0.4) is 0 Å². The summed E-state index contributed by atoms with van der Waals surface area (Å²) < 4.78 is 2.35. The normalized spacial score (nSPS) is 23.2. The Morgan fingerprint density at radius 3 is 2.76 bits per heavy atom. The standard InChI is InChI=1S/C18H25N3/c1-13-16-5-3-4-6-17(16)20(2)18(13)11-19-14-9-10-21(12-14)15-7-8-15/h3-6,14-15,19H,7-12H2,1-2H3. The van der Waals surface area contributed by atoms with Gasteiger partial charge >= 0.3 is 0 Å². The fourth-order valence-corrected chi connectivity index (χ4v) is 3.85. The molecule has 1 aromatic carbocycles. The van der Waals surface area contributed by atoms with Gasteiger partial charge in [-0.2, -0.15) is 0 Å². The highest BCUT2D eigenvalue weighted by Crippen LogP contribution is 2.30. The van der Waals surface area contributed by atoms with Crippen molar-refractivity contribution in [3.05, 3.63) is 35.5 Å². The number of nitrogens with one attached hydrogen (secondary N) is 1. The van der Waals surface area contributed by atoms with Crippen molar-refractivity contribution in [3.8, 4) is 0 Å². The summed E-state index contributed by atoms with van der Waals surface area (Å²) in [5, 5.41) is 5.18. The van der Waals surface area contributed by atoms with Crippen LogP contribution in [-0.4, -0.2) is 34.6 Å². The average molecular weight is 283 g/mol. The highest BCUT2D eigenvalue weighted by molar-refractivity contribution is 5.85. The van der Waals surface area contributed by atoms with E-state index in [2.05, 4.69) is 53.0 Å². The first-order valence-electron chi connectivity index (χ1n) is 8.24. The summed E-state index contributed by atoms with van der Waals surface area (Å²) in [4.78, 5) is 2.67. The Morgan fingerprint density at radius 1 is 1.19 bits per heavy atom. The quantitative estimate of drug-likeness (QED) is 0.931. The Morgan fingerprint density at radius 2 is 2.00 bits per heavy atom. The fourth-order valence-electron chi connectivity index (χ4n) is 3.85. The Kier molecular flexibility index (Phi) is 3.27. The van der Waals surface area contributed by atoms with Gasteiger partial charge in [-0.25, -0.2) is 0 Å². The van der Waals surface area contributed by atoms with E-state index in [0.717, 1.165) is 12.6 Å². The zero-order chi connectivity index (χ0) is 14.4. The van der Waals surface area contributed by atoms with Gasteiger partial charge in [-0.1, -0.05) is 18.2 Å². The minimum Gasteiger partial charge on any atom is -0.346 e. The van der Waals surface area contributed by atoms with Crippen LogP contribution in [-0.2, 0) is 13.6 Å². The molecule has 2 aromatic rings. The summed E-state index contributed by atoms with van der Waals surface area (Å²) in [5.41, 5.74) is 4.21. The summed E-state index contributed by atoms with van der Waals surface area (Å²) >= 11 is 0. The lowest BCUT2D eigenvalue weighted by Gasteiger charge is -2.16. The molecule has 3 nitrogen and oxygen atoms in total. The molecule has 2 heterocycles. The molecule has 1 saturated carbocycles. The average Bonchev–Trinajstić information content (AvgIpc) is 3.20. The second-order valence-corrected chi connectivity index (χ2v) is 6.74. The maximum Gasteiger partial charge on any atom is 0.0483 e. The Bertz CT molecular complexity index is 615. The van der Waals surface area contributed by atoms with Crippen LogP contribution in [0, 0.1) is 6.92 Å². The van der Waals surface area contributed by atoms with E-state index in [1.165, 1.54) is 54.5 Å². The van der Waals surface area contributed by atoms with E-state index in [0.29, 0.717) is 6.04 Å². The van der Waals surface area contributed by atoms with Crippen LogP contribution >= 0.6 is 0 Å². The zero-order valence-electron chi connectivity index (χ0n) is 13.1. The molecule has 1 saturated heterocycles. The molecule has 1 aliphatic carbocycles. The van der Waals surface area contributed by atoms with Crippen molar-refractivity contribution in [2.45, 2.75) is 44.8 Å². The molecule has 2 aliphatic rings. The first kappa shape index (κ1) is 13.4. The third-order valence-corrected chi connectivity index (χ3v) is 5.35. The minimum absolute atomic E-state index is 0.669. The van der Waals surface area contributed by atoms with Gasteiger partial charge in [0.2, 0.25) is 0 Å². The number of nitrogens with zero attached hydrogens (tertiary/aromatic N) is 2. The predicted molar refractivity (Wildman–Crippen MR) is 87.5 cm³/mol. The maximum atomic E-state index is 3.79. The van der Waals surface area contributed by atoms with Crippen LogP contribution in [0.5, 0.6) is 0 Å². The monoisotopic (exact) mass is 283 g/mol. The van der Waals surface area contributed by atoms with E-state index < -0.39 is 0 Å². The zero-order valence-corrected chi connectivity index (χ0v) is 13.1. The van der Waals surface area contributed by atoms with Crippen LogP contribution in [0.4, 0.5) is 0 Å². The second kappa shape index (κ2) is 5.15. The number of hydrogen-bond acceptors (Lipinski definition) is 2. The molecule has 1 atom stereocenters. The molecule has 4 rings (SSSR count). The van der Waals surface area contributed by atoms with E-state index in [4.69, 9.17) is 0 Å². The van der Waals surface area contributed by atoms with E-state index in [-0.39, 0.29) is 0 Å². The lowest BCUT2D eigenvalue weighted by atomic mass is 10.1. The smallest absolute Gasteiger partial charge is 0.0483 e. The number of rotatable bonds is 4. The number of benzene rings is 1. The summed E-state index contributed by atoms with van der Waals surface area (Å²) in [6.07, 6.45) is 4.16. The van der Waals surface area contributed by atoms with Crippen LogP contribution in [0.15, 0.2) is 24.3 Å². The Balaban J connectivity index is 1.47. The summed E-state index contributed by atoms with van der Waals surface area (Å²) in [6.45, 7) is 5.77. The number of para-hydroxylation sites is 1. The molecule has 21 heavy (non-hydrogen) atoms. The fraction of sp³-hybridized carbons (Fsp3) is 0.556. The molecule has 3 heteroatoms. The first-order chi connectivity index (χ1) is 10.2. The number of fused-ring (bicyclic) bond motifs is 1. The summed E-state index contributed by atoms with van der Waals surface area (Å²) in [7, 11) is 2.19. The van der Waals surface area contributed by atoms with Gasteiger partial charge in [-0.05, 0) is 37.8 Å². The molecular weight excluding hydrogens is 258 g/mol. The van der Waals surface area contributed by atoms with Crippen molar-refractivity contribution in [2.24, 2.45) is 7.05 Å². The Hall–Kier alpha value is -1.32. The molecule has 0 spiro atoms. The van der Waals surface area contributed by atoms with Gasteiger partial charge < -0.3 is 9.88 Å². The third-order valence-electron chi connectivity index (χ3n) is 5.35. The van der Waals surface area contributed by atoms with Gasteiger partial charge in [0.15, 0.2) is 0 Å². The Labute approximate surface area is 126 Å². The molecule has 0 bridgehead atoms. The van der Waals surface area contributed by atoms with E-state index in [1.54, 1.807) is 0 Å². The largest absolute Gasteiger partial charge is 0.346 e. The number of aromatic nitrogens is 1. The maximum absolute atomic E-state index is 3.79. The molecule has 0 radical (unpaired) electrons. The van der Waals surface area contributed by atoms with E-state index >= 15 is 0 Å². The second-order valence-electron chi connectivity index (χ2n) is 6.74. The molecular formula is C18H25N3. The van der Waals surface area contributed by atoms with Gasteiger partial charge in [0.05, 0.1) is 0 Å². The molecule has 1 aromatic heterocycles. The van der Waals surface area contributed by atoms with Gasteiger partial charge in [-0.15, -0.1) is 0 Å². The lowest BCUT2D eigenvalue weighted by Crippen LogP contribution is -2.33. The van der Waals surface area contributed by atoms with Crippen molar-refractivity contribution in [2.75, 3.05) is 13.1 Å². The van der Waals surface area contributed by atoms with Gasteiger partial charge in [-0.3, -0.25) is 4.90 Å². The molecule has 2 fully saturated rings. The van der Waals surface area contributed by atoms with Crippen molar-refractivity contribution >= 4 is 10.9 Å². The predicted octanol–water partition coefficient (Wildman–Crippen LogP) is 2.81.